The van der Waals surface area contributed by atoms with Crippen LogP contribution in [0.3, 0.4) is 0 Å². The number of carbonyl (C=O) groups excluding carboxylic acids is 1. The van der Waals surface area contributed by atoms with Crippen molar-refractivity contribution in [2.24, 2.45) is 0 Å². The minimum Gasteiger partial charge on any atom is -0.495 e. The van der Waals surface area contributed by atoms with Gasteiger partial charge in [-0.1, -0.05) is 35.3 Å². The topological polar surface area (TPSA) is 51.2 Å². The van der Waals surface area contributed by atoms with E-state index in [1.54, 1.807) is 25.3 Å². The van der Waals surface area contributed by atoms with E-state index in [1.165, 1.54) is 11.3 Å². The standard InChI is InChI=1S/C18H14Cl2N2O2S/c1-24-16-7-6-13(8-15(16)20)21-17(23)9-14-10-25-18(22-14)11-2-4-12(19)5-3-11/h2-8,10H,9H2,1H3,(H,21,23). The predicted octanol–water partition coefficient (Wildman–Crippen LogP) is 5.31. The summed E-state index contributed by atoms with van der Waals surface area (Å²) >= 11 is 13.4. The molecule has 0 saturated heterocycles. The van der Waals surface area contributed by atoms with Crippen LogP contribution >= 0.6 is 34.5 Å². The van der Waals surface area contributed by atoms with Gasteiger partial charge < -0.3 is 10.1 Å². The van der Waals surface area contributed by atoms with Crippen molar-refractivity contribution in [3.8, 4) is 16.3 Å². The molecule has 1 heterocycles. The predicted molar refractivity (Wildman–Crippen MR) is 103 cm³/mol. The molecule has 3 aromatic rings. The zero-order valence-electron chi connectivity index (χ0n) is 13.3. The second-order valence-electron chi connectivity index (χ2n) is 5.23. The van der Waals surface area contributed by atoms with Crippen molar-refractivity contribution in [1.82, 2.24) is 4.98 Å². The summed E-state index contributed by atoms with van der Waals surface area (Å²) in [5, 5.41) is 6.66. The van der Waals surface area contributed by atoms with Crippen LogP contribution in [-0.2, 0) is 11.2 Å². The highest BCUT2D eigenvalue weighted by molar-refractivity contribution is 7.13. The lowest BCUT2D eigenvalue weighted by atomic mass is 10.2. The van der Waals surface area contributed by atoms with Crippen molar-refractivity contribution >= 4 is 46.1 Å². The summed E-state index contributed by atoms with van der Waals surface area (Å²) in [7, 11) is 1.54. The quantitative estimate of drug-likeness (QED) is 0.640. The molecule has 2 aromatic carbocycles. The smallest absolute Gasteiger partial charge is 0.230 e. The van der Waals surface area contributed by atoms with E-state index in [0.29, 0.717) is 27.2 Å². The van der Waals surface area contributed by atoms with E-state index in [1.807, 2.05) is 29.6 Å². The molecule has 0 fully saturated rings. The SMILES string of the molecule is COc1ccc(NC(=O)Cc2csc(-c3ccc(Cl)cc3)n2)cc1Cl. The molecule has 1 amide bonds. The van der Waals surface area contributed by atoms with Gasteiger partial charge in [0, 0.05) is 21.7 Å². The zero-order chi connectivity index (χ0) is 17.8. The number of methoxy groups -OCH3 is 1. The highest BCUT2D eigenvalue weighted by Crippen LogP contribution is 2.28. The Morgan fingerprint density at radius 2 is 1.96 bits per heavy atom. The van der Waals surface area contributed by atoms with Crippen molar-refractivity contribution in [2.45, 2.75) is 6.42 Å². The summed E-state index contributed by atoms with van der Waals surface area (Å²) in [5.41, 5.74) is 2.30. The Bertz CT molecular complexity index is 894. The Hall–Kier alpha value is -2.08. The van der Waals surface area contributed by atoms with Gasteiger partial charge in [-0.25, -0.2) is 4.98 Å². The third-order valence-electron chi connectivity index (χ3n) is 3.42. The number of hydrogen-bond acceptors (Lipinski definition) is 4. The minimum atomic E-state index is -0.158. The summed E-state index contributed by atoms with van der Waals surface area (Å²) in [5.74, 6) is 0.404. The maximum atomic E-state index is 12.2. The number of carbonyl (C=O) groups is 1. The van der Waals surface area contributed by atoms with E-state index in [-0.39, 0.29) is 12.3 Å². The molecule has 1 aromatic heterocycles. The van der Waals surface area contributed by atoms with Crippen molar-refractivity contribution in [1.29, 1.82) is 0 Å². The Balaban J connectivity index is 1.65. The van der Waals surface area contributed by atoms with Gasteiger partial charge in [-0.05, 0) is 30.3 Å². The molecule has 0 radical (unpaired) electrons. The van der Waals surface area contributed by atoms with E-state index in [9.17, 15) is 4.79 Å². The normalized spacial score (nSPS) is 10.5. The maximum absolute atomic E-state index is 12.2. The molecule has 0 unspecified atom stereocenters. The van der Waals surface area contributed by atoms with Crippen LogP contribution in [0.1, 0.15) is 5.69 Å². The van der Waals surface area contributed by atoms with Gasteiger partial charge in [0.2, 0.25) is 5.91 Å². The van der Waals surface area contributed by atoms with E-state index < -0.39 is 0 Å². The molecule has 0 aliphatic rings. The summed E-state index contributed by atoms with van der Waals surface area (Å²) < 4.78 is 5.09. The molecule has 0 spiro atoms. The molecular formula is C18H14Cl2N2O2S. The van der Waals surface area contributed by atoms with Crippen LogP contribution in [0.2, 0.25) is 10.0 Å². The fraction of sp³-hybridized carbons (Fsp3) is 0.111. The van der Waals surface area contributed by atoms with Crippen LogP contribution in [0, 0.1) is 0 Å². The van der Waals surface area contributed by atoms with Crippen molar-refractivity contribution in [3.05, 3.63) is 63.6 Å². The molecule has 0 saturated carbocycles. The lowest BCUT2D eigenvalue weighted by molar-refractivity contribution is -0.115. The highest BCUT2D eigenvalue weighted by Gasteiger charge is 2.10. The first kappa shape index (κ1) is 17.7. The average molecular weight is 393 g/mol. The summed E-state index contributed by atoms with van der Waals surface area (Å²) in [4.78, 5) is 16.7. The van der Waals surface area contributed by atoms with Crippen molar-refractivity contribution < 1.29 is 9.53 Å². The summed E-state index contributed by atoms with van der Waals surface area (Å²) in [6.45, 7) is 0. The number of aromatic nitrogens is 1. The third kappa shape index (κ3) is 4.51. The number of ether oxygens (including phenoxy) is 1. The van der Waals surface area contributed by atoms with Gasteiger partial charge in [-0.3, -0.25) is 4.79 Å². The van der Waals surface area contributed by atoms with Crippen LogP contribution in [0.5, 0.6) is 5.75 Å². The van der Waals surface area contributed by atoms with Gasteiger partial charge in [0.15, 0.2) is 0 Å². The van der Waals surface area contributed by atoms with E-state index in [2.05, 4.69) is 10.3 Å². The molecule has 0 aliphatic carbocycles. The Labute approximate surface area is 159 Å². The van der Waals surface area contributed by atoms with Crippen LogP contribution in [-0.4, -0.2) is 18.0 Å². The minimum absolute atomic E-state index is 0.158. The van der Waals surface area contributed by atoms with Crippen LogP contribution in [0.25, 0.3) is 10.6 Å². The fourth-order valence-corrected chi connectivity index (χ4v) is 3.44. The van der Waals surface area contributed by atoms with Gasteiger partial charge >= 0.3 is 0 Å². The number of halogens is 2. The molecule has 0 atom stereocenters. The Morgan fingerprint density at radius 3 is 2.64 bits per heavy atom. The first-order valence-corrected chi connectivity index (χ1v) is 9.02. The molecule has 128 valence electrons. The van der Waals surface area contributed by atoms with Crippen molar-refractivity contribution in [3.63, 3.8) is 0 Å². The molecule has 3 rings (SSSR count). The molecule has 0 bridgehead atoms. The summed E-state index contributed by atoms with van der Waals surface area (Å²) in [6.07, 6.45) is 0.188. The Kier molecular flexibility index (Phi) is 5.58. The molecule has 1 N–H and O–H groups in total. The zero-order valence-corrected chi connectivity index (χ0v) is 15.6. The van der Waals surface area contributed by atoms with Crippen LogP contribution in [0.4, 0.5) is 5.69 Å². The number of rotatable bonds is 5. The number of hydrogen-bond donors (Lipinski definition) is 1. The lowest BCUT2D eigenvalue weighted by Gasteiger charge is -2.07. The summed E-state index contributed by atoms with van der Waals surface area (Å²) in [6, 6.07) is 12.5. The van der Waals surface area contributed by atoms with Gasteiger partial charge in [-0.2, -0.15) is 0 Å². The van der Waals surface area contributed by atoms with Crippen LogP contribution in [0.15, 0.2) is 47.8 Å². The van der Waals surface area contributed by atoms with Crippen LogP contribution < -0.4 is 10.1 Å². The van der Waals surface area contributed by atoms with E-state index in [0.717, 1.165) is 10.6 Å². The average Bonchev–Trinajstić information content (AvgIpc) is 3.04. The maximum Gasteiger partial charge on any atom is 0.230 e. The highest BCUT2D eigenvalue weighted by atomic mass is 35.5. The molecule has 7 heteroatoms. The number of nitrogens with zero attached hydrogens (tertiary/aromatic N) is 1. The van der Waals surface area contributed by atoms with E-state index in [4.69, 9.17) is 27.9 Å². The lowest BCUT2D eigenvalue weighted by Crippen LogP contribution is -2.14. The fourth-order valence-electron chi connectivity index (χ4n) is 2.23. The number of amides is 1. The first-order valence-electron chi connectivity index (χ1n) is 7.39. The number of benzene rings is 2. The van der Waals surface area contributed by atoms with Gasteiger partial charge in [-0.15, -0.1) is 11.3 Å². The molecular weight excluding hydrogens is 379 g/mol. The number of thiazole rings is 1. The molecule has 0 aliphatic heterocycles. The molecule has 25 heavy (non-hydrogen) atoms. The second kappa shape index (κ2) is 7.87. The van der Waals surface area contributed by atoms with E-state index >= 15 is 0 Å². The number of anilines is 1. The monoisotopic (exact) mass is 392 g/mol. The first-order chi connectivity index (χ1) is 12.0. The Morgan fingerprint density at radius 1 is 1.20 bits per heavy atom. The van der Waals surface area contributed by atoms with Gasteiger partial charge in [0.05, 0.1) is 24.2 Å². The van der Waals surface area contributed by atoms with Gasteiger partial charge in [0.25, 0.3) is 0 Å². The van der Waals surface area contributed by atoms with Crippen molar-refractivity contribution in [2.75, 3.05) is 12.4 Å². The third-order valence-corrected chi connectivity index (χ3v) is 4.91. The van der Waals surface area contributed by atoms with Gasteiger partial charge in [0.1, 0.15) is 10.8 Å². The molecule has 4 nitrogen and oxygen atoms in total. The second-order valence-corrected chi connectivity index (χ2v) is 6.93. The number of nitrogens with one attached hydrogen (secondary N) is 1. The largest absolute Gasteiger partial charge is 0.495 e.